The Morgan fingerprint density at radius 1 is 0.963 bits per heavy atom. The van der Waals surface area contributed by atoms with Crippen molar-refractivity contribution in [2.24, 2.45) is 0 Å². The lowest BCUT2D eigenvalue weighted by Crippen LogP contribution is -2.20. The number of anilines is 1. The second-order valence-corrected chi connectivity index (χ2v) is 6.02. The van der Waals surface area contributed by atoms with Crippen molar-refractivity contribution < 1.29 is 19.1 Å². The molecule has 3 aromatic carbocycles. The maximum Gasteiger partial charge on any atom is 0.262 e. The lowest BCUT2D eigenvalue weighted by Gasteiger charge is -2.13. The lowest BCUT2D eigenvalue weighted by molar-refractivity contribution is -0.118. The minimum absolute atomic E-state index is 0.223. The van der Waals surface area contributed by atoms with Crippen LogP contribution in [0.3, 0.4) is 0 Å². The van der Waals surface area contributed by atoms with Crippen LogP contribution in [0, 0.1) is 0 Å². The monoisotopic (exact) mass is 381 g/mol. The Labute approximate surface area is 161 Å². The van der Waals surface area contributed by atoms with Crippen molar-refractivity contribution in [3.05, 3.63) is 83.4 Å². The van der Waals surface area contributed by atoms with Gasteiger partial charge < -0.3 is 14.8 Å². The van der Waals surface area contributed by atoms with E-state index in [0.29, 0.717) is 39.8 Å². The molecule has 0 bridgehead atoms. The summed E-state index contributed by atoms with van der Waals surface area (Å²) in [4.78, 5) is 23.0. The Morgan fingerprint density at radius 2 is 1.74 bits per heavy atom. The number of carbonyl (C=O) groups is 2. The average Bonchev–Trinajstić information content (AvgIpc) is 2.69. The zero-order valence-electron chi connectivity index (χ0n) is 14.2. The number of benzene rings is 3. The van der Waals surface area contributed by atoms with Crippen LogP contribution >= 0.6 is 11.6 Å². The van der Waals surface area contributed by atoms with Gasteiger partial charge in [0.25, 0.3) is 5.91 Å². The molecule has 0 aliphatic heterocycles. The first-order valence-electron chi connectivity index (χ1n) is 8.14. The third-order valence-corrected chi connectivity index (χ3v) is 3.79. The molecule has 27 heavy (non-hydrogen) atoms. The number of rotatable bonds is 7. The van der Waals surface area contributed by atoms with Crippen LogP contribution in [0.1, 0.15) is 10.4 Å². The molecule has 0 atom stereocenters. The summed E-state index contributed by atoms with van der Waals surface area (Å²) in [6, 6.07) is 20.7. The minimum Gasteiger partial charge on any atom is -0.484 e. The van der Waals surface area contributed by atoms with E-state index in [2.05, 4.69) is 5.32 Å². The molecule has 0 spiro atoms. The van der Waals surface area contributed by atoms with Gasteiger partial charge in [-0.25, -0.2) is 0 Å². The summed E-state index contributed by atoms with van der Waals surface area (Å²) >= 11 is 6.04. The number of carbonyl (C=O) groups excluding carboxylic acids is 2. The Balaban J connectivity index is 1.67. The molecule has 0 saturated carbocycles. The van der Waals surface area contributed by atoms with Crippen molar-refractivity contribution >= 4 is 29.5 Å². The highest BCUT2D eigenvalue weighted by Crippen LogP contribution is 2.32. The average molecular weight is 382 g/mol. The second-order valence-electron chi connectivity index (χ2n) is 5.58. The first kappa shape index (κ1) is 18.5. The molecule has 136 valence electrons. The maximum atomic E-state index is 12.3. The zero-order valence-corrected chi connectivity index (χ0v) is 15.0. The highest BCUT2D eigenvalue weighted by Gasteiger charge is 2.11. The Morgan fingerprint density at radius 3 is 2.52 bits per heavy atom. The molecule has 3 aromatic rings. The van der Waals surface area contributed by atoms with E-state index in [1.54, 1.807) is 42.5 Å². The summed E-state index contributed by atoms with van der Waals surface area (Å²) < 4.78 is 11.2. The van der Waals surface area contributed by atoms with Gasteiger partial charge in [-0.2, -0.15) is 0 Å². The van der Waals surface area contributed by atoms with E-state index in [9.17, 15) is 9.59 Å². The molecule has 0 aliphatic carbocycles. The van der Waals surface area contributed by atoms with E-state index in [1.165, 1.54) is 0 Å². The number of nitrogens with one attached hydrogen (secondary N) is 1. The smallest absolute Gasteiger partial charge is 0.262 e. The molecule has 0 saturated heterocycles. The summed E-state index contributed by atoms with van der Waals surface area (Å²) in [5.74, 6) is 1.15. The van der Waals surface area contributed by atoms with Crippen molar-refractivity contribution in [2.45, 2.75) is 0 Å². The first-order valence-corrected chi connectivity index (χ1v) is 8.52. The fourth-order valence-corrected chi connectivity index (χ4v) is 2.49. The van der Waals surface area contributed by atoms with E-state index >= 15 is 0 Å². The quantitative estimate of drug-likeness (QED) is 0.587. The number of halogens is 1. The number of para-hydroxylation sites is 1. The van der Waals surface area contributed by atoms with E-state index in [-0.39, 0.29) is 12.5 Å². The summed E-state index contributed by atoms with van der Waals surface area (Å²) in [5, 5.41) is 3.19. The van der Waals surface area contributed by atoms with Gasteiger partial charge in [0.15, 0.2) is 12.4 Å². The molecule has 0 heterocycles. The second kappa shape index (κ2) is 8.87. The van der Waals surface area contributed by atoms with Crippen molar-refractivity contribution in [3.63, 3.8) is 0 Å². The van der Waals surface area contributed by atoms with Crippen LogP contribution in [0.4, 0.5) is 5.69 Å². The van der Waals surface area contributed by atoms with E-state index in [0.717, 1.165) is 0 Å². The molecule has 1 N–H and O–H groups in total. The number of ether oxygens (including phenoxy) is 2. The fraction of sp³-hybridized carbons (Fsp3) is 0.0476. The van der Waals surface area contributed by atoms with Crippen LogP contribution in [0.15, 0.2) is 72.8 Å². The summed E-state index contributed by atoms with van der Waals surface area (Å²) in [5.41, 5.74) is 0.905. The molecule has 0 unspecified atom stereocenters. The predicted molar refractivity (Wildman–Crippen MR) is 104 cm³/mol. The molecule has 0 aliphatic rings. The van der Waals surface area contributed by atoms with Crippen molar-refractivity contribution in [2.75, 3.05) is 11.9 Å². The minimum atomic E-state index is -0.383. The lowest BCUT2D eigenvalue weighted by atomic mass is 10.2. The van der Waals surface area contributed by atoms with Gasteiger partial charge in [0.2, 0.25) is 0 Å². The van der Waals surface area contributed by atoms with Crippen molar-refractivity contribution in [3.8, 4) is 17.2 Å². The van der Waals surface area contributed by atoms with Gasteiger partial charge in [0.05, 0.1) is 5.69 Å². The third kappa shape index (κ3) is 5.33. The molecule has 5 nitrogen and oxygen atoms in total. The van der Waals surface area contributed by atoms with Gasteiger partial charge in [-0.15, -0.1) is 0 Å². The van der Waals surface area contributed by atoms with Crippen LogP contribution in [0.2, 0.25) is 5.02 Å². The molecule has 0 aromatic heterocycles. The molecule has 0 fully saturated rings. The van der Waals surface area contributed by atoms with E-state index < -0.39 is 0 Å². The van der Waals surface area contributed by atoms with Crippen LogP contribution in [0.25, 0.3) is 0 Å². The summed E-state index contributed by atoms with van der Waals surface area (Å²) in [7, 11) is 0. The van der Waals surface area contributed by atoms with Gasteiger partial charge in [-0.3, -0.25) is 9.59 Å². The molecule has 1 amide bonds. The molecular formula is C21H16ClNO4. The molecular weight excluding hydrogens is 366 g/mol. The number of aldehydes is 1. The zero-order chi connectivity index (χ0) is 19.1. The van der Waals surface area contributed by atoms with Gasteiger partial charge in [-0.1, -0.05) is 41.9 Å². The number of hydrogen-bond donors (Lipinski definition) is 1. The topological polar surface area (TPSA) is 64.6 Å². The Hall–Kier alpha value is -3.31. The standard InChI is InChI=1S/C21H16ClNO4/c22-16-9-10-20(27-17-6-2-1-3-7-17)19(12-16)23-21(25)14-26-18-8-4-5-15(11-18)13-24/h1-13H,14H2,(H,23,25). The molecule has 6 heteroatoms. The van der Waals surface area contributed by atoms with Crippen LogP contribution in [-0.2, 0) is 4.79 Å². The SMILES string of the molecule is O=Cc1cccc(OCC(=O)Nc2cc(Cl)ccc2Oc2ccccc2)c1. The van der Waals surface area contributed by atoms with Crippen molar-refractivity contribution in [1.29, 1.82) is 0 Å². The fourth-order valence-electron chi connectivity index (χ4n) is 2.32. The highest BCUT2D eigenvalue weighted by molar-refractivity contribution is 6.31. The predicted octanol–water partition coefficient (Wildman–Crippen LogP) is 4.96. The van der Waals surface area contributed by atoms with E-state index in [1.807, 2.05) is 30.3 Å². The summed E-state index contributed by atoms with van der Waals surface area (Å²) in [6.45, 7) is -0.223. The Bertz CT molecular complexity index is 944. The van der Waals surface area contributed by atoms with Gasteiger partial charge in [0.1, 0.15) is 17.8 Å². The normalized spacial score (nSPS) is 10.1. The van der Waals surface area contributed by atoms with E-state index in [4.69, 9.17) is 21.1 Å². The highest BCUT2D eigenvalue weighted by atomic mass is 35.5. The van der Waals surface area contributed by atoms with Gasteiger partial charge in [-0.05, 0) is 42.5 Å². The maximum absolute atomic E-state index is 12.3. The van der Waals surface area contributed by atoms with Crippen molar-refractivity contribution in [1.82, 2.24) is 0 Å². The Kier molecular flexibility index (Phi) is 6.07. The summed E-state index contributed by atoms with van der Waals surface area (Å²) in [6.07, 6.45) is 0.714. The van der Waals surface area contributed by atoms with Crippen LogP contribution < -0.4 is 14.8 Å². The largest absolute Gasteiger partial charge is 0.484 e. The number of amides is 1. The van der Waals surface area contributed by atoms with Gasteiger partial charge in [0, 0.05) is 10.6 Å². The first-order chi connectivity index (χ1) is 13.1. The van der Waals surface area contributed by atoms with Crippen LogP contribution in [0.5, 0.6) is 17.2 Å². The third-order valence-electron chi connectivity index (χ3n) is 3.55. The van der Waals surface area contributed by atoms with Crippen LogP contribution in [-0.4, -0.2) is 18.8 Å². The molecule has 0 radical (unpaired) electrons. The van der Waals surface area contributed by atoms with Gasteiger partial charge >= 0.3 is 0 Å². The molecule has 3 rings (SSSR count). The number of hydrogen-bond acceptors (Lipinski definition) is 4.